The molecule has 1 atom stereocenters. The van der Waals surface area contributed by atoms with E-state index in [9.17, 15) is 4.79 Å². The van der Waals surface area contributed by atoms with Gasteiger partial charge < -0.3 is 10.6 Å². The monoisotopic (exact) mass is 212 g/mol. The van der Waals surface area contributed by atoms with E-state index in [-0.39, 0.29) is 11.9 Å². The van der Waals surface area contributed by atoms with Crippen molar-refractivity contribution >= 4 is 5.91 Å². The van der Waals surface area contributed by atoms with Crippen LogP contribution < -0.4 is 10.6 Å². The lowest BCUT2D eigenvalue weighted by atomic mass is 10.2. The minimum Gasteiger partial charge on any atom is -0.353 e. The lowest BCUT2D eigenvalue weighted by molar-refractivity contribution is -0.121. The zero-order chi connectivity index (χ0) is 11.7. The van der Waals surface area contributed by atoms with Gasteiger partial charge in [0.05, 0.1) is 0 Å². The van der Waals surface area contributed by atoms with Crippen LogP contribution in [0.1, 0.15) is 40.0 Å². The van der Waals surface area contributed by atoms with Crippen molar-refractivity contribution in [2.24, 2.45) is 0 Å². The van der Waals surface area contributed by atoms with E-state index in [1.54, 1.807) is 0 Å². The van der Waals surface area contributed by atoms with Crippen LogP contribution in [-0.4, -0.2) is 24.5 Å². The maximum atomic E-state index is 11.4. The van der Waals surface area contributed by atoms with Crippen LogP contribution in [0, 0.1) is 0 Å². The molecule has 0 rings (SSSR count). The second-order valence-electron chi connectivity index (χ2n) is 4.21. The van der Waals surface area contributed by atoms with Gasteiger partial charge in [0.25, 0.3) is 0 Å². The molecule has 0 aromatic carbocycles. The predicted molar refractivity (Wildman–Crippen MR) is 64.8 cm³/mol. The number of amides is 1. The fourth-order valence-electron chi connectivity index (χ4n) is 1.30. The highest BCUT2D eigenvalue weighted by Crippen LogP contribution is 1.94. The summed E-state index contributed by atoms with van der Waals surface area (Å²) in [5.41, 5.74) is 0. The van der Waals surface area contributed by atoms with E-state index in [1.807, 2.05) is 13.0 Å². The Bertz CT molecular complexity index is 190. The minimum atomic E-state index is 0.134. The molecule has 88 valence electrons. The average molecular weight is 212 g/mol. The summed E-state index contributed by atoms with van der Waals surface area (Å²) in [7, 11) is 0. The van der Waals surface area contributed by atoms with Gasteiger partial charge in [-0.25, -0.2) is 0 Å². The third-order valence-corrected chi connectivity index (χ3v) is 2.06. The lowest BCUT2D eigenvalue weighted by Crippen LogP contribution is -2.32. The van der Waals surface area contributed by atoms with Gasteiger partial charge in [-0.05, 0) is 26.3 Å². The zero-order valence-electron chi connectivity index (χ0n) is 10.2. The number of carbonyl (C=O) groups is 1. The van der Waals surface area contributed by atoms with Gasteiger partial charge in [-0.15, -0.1) is 6.58 Å². The summed E-state index contributed by atoms with van der Waals surface area (Å²) in [5.74, 6) is 0.134. The molecule has 1 amide bonds. The van der Waals surface area contributed by atoms with Crippen LogP contribution in [0.5, 0.6) is 0 Å². The molecule has 0 bridgehead atoms. The van der Waals surface area contributed by atoms with Crippen molar-refractivity contribution < 1.29 is 4.79 Å². The fourth-order valence-corrected chi connectivity index (χ4v) is 1.30. The molecule has 0 aliphatic carbocycles. The highest BCUT2D eigenvalue weighted by molar-refractivity contribution is 5.76. The van der Waals surface area contributed by atoms with Gasteiger partial charge in [0.1, 0.15) is 0 Å². The van der Waals surface area contributed by atoms with E-state index < -0.39 is 0 Å². The Morgan fingerprint density at radius 2 is 2.07 bits per heavy atom. The van der Waals surface area contributed by atoms with E-state index in [1.165, 1.54) is 0 Å². The normalized spacial score (nSPS) is 12.5. The van der Waals surface area contributed by atoms with Crippen molar-refractivity contribution in [2.75, 3.05) is 6.54 Å². The topological polar surface area (TPSA) is 41.1 Å². The average Bonchev–Trinajstić information content (AvgIpc) is 2.12. The van der Waals surface area contributed by atoms with Gasteiger partial charge in [0, 0.05) is 18.5 Å². The second-order valence-corrected chi connectivity index (χ2v) is 4.21. The Kier molecular flexibility index (Phi) is 8.01. The molecule has 0 fully saturated rings. The van der Waals surface area contributed by atoms with Crippen LogP contribution in [0.15, 0.2) is 12.7 Å². The first kappa shape index (κ1) is 14.2. The molecule has 1 unspecified atom stereocenters. The molecule has 0 spiro atoms. The summed E-state index contributed by atoms with van der Waals surface area (Å²) >= 11 is 0. The van der Waals surface area contributed by atoms with Gasteiger partial charge in [0.2, 0.25) is 5.91 Å². The molecule has 2 N–H and O–H groups in total. The number of hydrogen-bond acceptors (Lipinski definition) is 2. The summed E-state index contributed by atoms with van der Waals surface area (Å²) in [4.78, 5) is 11.4. The third-order valence-electron chi connectivity index (χ3n) is 2.06. The third kappa shape index (κ3) is 9.47. The highest BCUT2D eigenvalue weighted by atomic mass is 16.1. The molecule has 0 saturated heterocycles. The van der Waals surface area contributed by atoms with E-state index in [4.69, 9.17) is 0 Å². The maximum Gasteiger partial charge on any atom is 0.220 e. The van der Waals surface area contributed by atoms with Gasteiger partial charge in [-0.1, -0.05) is 19.9 Å². The van der Waals surface area contributed by atoms with E-state index in [0.29, 0.717) is 12.5 Å². The Morgan fingerprint density at radius 1 is 1.40 bits per heavy atom. The van der Waals surface area contributed by atoms with E-state index in [2.05, 4.69) is 31.1 Å². The number of rotatable bonds is 8. The second kappa shape index (κ2) is 8.48. The van der Waals surface area contributed by atoms with Crippen LogP contribution in [0.4, 0.5) is 0 Å². The SMILES string of the molecule is C=CCC(C)NC(=O)CCCNC(C)C. The van der Waals surface area contributed by atoms with Crippen molar-refractivity contribution in [3.8, 4) is 0 Å². The van der Waals surface area contributed by atoms with E-state index >= 15 is 0 Å². The van der Waals surface area contributed by atoms with Crippen molar-refractivity contribution in [1.29, 1.82) is 0 Å². The van der Waals surface area contributed by atoms with E-state index in [0.717, 1.165) is 19.4 Å². The van der Waals surface area contributed by atoms with Crippen LogP contribution in [-0.2, 0) is 4.79 Å². The van der Waals surface area contributed by atoms with Crippen LogP contribution in [0.25, 0.3) is 0 Å². The molecule has 0 aliphatic heterocycles. The summed E-state index contributed by atoms with van der Waals surface area (Å²) < 4.78 is 0. The summed E-state index contributed by atoms with van der Waals surface area (Å²) in [6.07, 6.45) is 4.15. The minimum absolute atomic E-state index is 0.134. The summed E-state index contributed by atoms with van der Waals surface area (Å²) in [6, 6.07) is 0.695. The van der Waals surface area contributed by atoms with Crippen molar-refractivity contribution in [2.45, 2.75) is 52.1 Å². The fraction of sp³-hybridized carbons (Fsp3) is 0.750. The first-order chi connectivity index (χ1) is 7.06. The van der Waals surface area contributed by atoms with Gasteiger partial charge in [0.15, 0.2) is 0 Å². The Balaban J connectivity index is 3.44. The van der Waals surface area contributed by atoms with Crippen molar-refractivity contribution in [1.82, 2.24) is 10.6 Å². The zero-order valence-corrected chi connectivity index (χ0v) is 10.2. The molecule has 0 aromatic rings. The van der Waals surface area contributed by atoms with Crippen molar-refractivity contribution in [3.63, 3.8) is 0 Å². The van der Waals surface area contributed by atoms with Gasteiger partial charge in [-0.3, -0.25) is 4.79 Å². The quantitative estimate of drug-likeness (QED) is 0.476. The highest BCUT2D eigenvalue weighted by Gasteiger charge is 2.05. The molecule has 0 aliphatic rings. The maximum absolute atomic E-state index is 11.4. The summed E-state index contributed by atoms with van der Waals surface area (Å²) in [5, 5.41) is 6.21. The van der Waals surface area contributed by atoms with Crippen LogP contribution in [0.2, 0.25) is 0 Å². The molecule has 3 nitrogen and oxygen atoms in total. The molecular weight excluding hydrogens is 188 g/mol. The largest absolute Gasteiger partial charge is 0.353 e. The molecule has 0 saturated carbocycles. The molecular formula is C12H24N2O. The van der Waals surface area contributed by atoms with Crippen LogP contribution >= 0.6 is 0 Å². The predicted octanol–water partition coefficient (Wildman–Crippen LogP) is 1.85. The Morgan fingerprint density at radius 3 is 2.60 bits per heavy atom. The Hall–Kier alpha value is -0.830. The summed E-state index contributed by atoms with van der Waals surface area (Å²) in [6.45, 7) is 10.7. The molecule has 3 heteroatoms. The molecule has 0 heterocycles. The van der Waals surface area contributed by atoms with Gasteiger partial charge >= 0.3 is 0 Å². The molecule has 0 radical (unpaired) electrons. The van der Waals surface area contributed by atoms with Gasteiger partial charge in [-0.2, -0.15) is 0 Å². The molecule has 15 heavy (non-hydrogen) atoms. The molecule has 0 aromatic heterocycles. The lowest BCUT2D eigenvalue weighted by Gasteiger charge is -2.12. The van der Waals surface area contributed by atoms with Crippen molar-refractivity contribution in [3.05, 3.63) is 12.7 Å². The smallest absolute Gasteiger partial charge is 0.220 e. The number of carbonyl (C=O) groups excluding carboxylic acids is 1. The standard InChI is InChI=1S/C12H24N2O/c1-5-7-11(4)14-12(15)8-6-9-13-10(2)3/h5,10-11,13H,1,6-9H2,2-4H3,(H,14,15). The number of nitrogens with one attached hydrogen (secondary N) is 2. The Labute approximate surface area is 93.3 Å². The first-order valence-corrected chi connectivity index (χ1v) is 5.70. The van der Waals surface area contributed by atoms with Crippen LogP contribution in [0.3, 0.4) is 0 Å². The first-order valence-electron chi connectivity index (χ1n) is 5.70. The number of hydrogen-bond donors (Lipinski definition) is 2.